The molecule has 0 radical (unpaired) electrons. The quantitative estimate of drug-likeness (QED) is 0.826. The number of hydrogen-bond acceptors (Lipinski definition) is 2. The molecule has 0 aliphatic carbocycles. The normalized spacial score (nSPS) is 16.2. The minimum atomic E-state index is -0.131. The molecule has 1 unspecified atom stereocenters. The molecule has 0 bridgehead atoms. The molecule has 0 aliphatic rings. The van der Waals surface area contributed by atoms with Crippen LogP contribution in [0, 0.1) is 5.92 Å². The highest BCUT2D eigenvalue weighted by Gasteiger charge is 2.23. The Balaban J connectivity index is 2.68. The first-order valence-electron chi connectivity index (χ1n) is 4.45. The van der Waals surface area contributed by atoms with Gasteiger partial charge in [0.2, 0.25) is 0 Å². The Kier molecular flexibility index (Phi) is 3.38. The zero-order chi connectivity index (χ0) is 10.1. The summed E-state index contributed by atoms with van der Waals surface area (Å²) in [7, 11) is 0. The van der Waals surface area contributed by atoms with Crippen molar-refractivity contribution in [1.82, 2.24) is 0 Å². The van der Waals surface area contributed by atoms with Gasteiger partial charge in [0.05, 0.1) is 4.34 Å². The largest absolute Gasteiger partial charge is 0.325 e. The van der Waals surface area contributed by atoms with Crippen molar-refractivity contribution in [2.75, 3.05) is 0 Å². The molecular weight excluding hydrogens is 202 g/mol. The van der Waals surface area contributed by atoms with Crippen LogP contribution in [0.5, 0.6) is 0 Å². The van der Waals surface area contributed by atoms with Gasteiger partial charge in [-0.3, -0.25) is 0 Å². The number of hydrogen-bond donors (Lipinski definition) is 1. The Morgan fingerprint density at radius 1 is 1.54 bits per heavy atom. The van der Waals surface area contributed by atoms with E-state index >= 15 is 0 Å². The van der Waals surface area contributed by atoms with Crippen LogP contribution in [0.15, 0.2) is 12.1 Å². The van der Waals surface area contributed by atoms with E-state index in [0.29, 0.717) is 5.92 Å². The standard InChI is InChI=1S/C10H16ClNS/c1-7(2)10(3,12)6-8-4-5-9(11)13-8/h4-5,7H,6,12H2,1-3H3. The van der Waals surface area contributed by atoms with Crippen molar-refractivity contribution in [1.29, 1.82) is 0 Å². The lowest BCUT2D eigenvalue weighted by atomic mass is 9.86. The molecule has 1 heterocycles. The van der Waals surface area contributed by atoms with Gasteiger partial charge >= 0.3 is 0 Å². The van der Waals surface area contributed by atoms with Gasteiger partial charge in [0.25, 0.3) is 0 Å². The second kappa shape index (κ2) is 3.99. The zero-order valence-corrected chi connectivity index (χ0v) is 9.88. The Bertz CT molecular complexity index is 278. The van der Waals surface area contributed by atoms with Crippen molar-refractivity contribution in [3.05, 3.63) is 21.3 Å². The molecule has 0 fully saturated rings. The van der Waals surface area contributed by atoms with Gasteiger partial charge in [0.1, 0.15) is 0 Å². The van der Waals surface area contributed by atoms with Crippen LogP contribution in [0.3, 0.4) is 0 Å². The van der Waals surface area contributed by atoms with Crippen LogP contribution in [0.1, 0.15) is 25.6 Å². The summed E-state index contributed by atoms with van der Waals surface area (Å²) in [6, 6.07) is 3.98. The molecule has 0 spiro atoms. The van der Waals surface area contributed by atoms with E-state index in [1.807, 2.05) is 6.07 Å². The predicted molar refractivity (Wildman–Crippen MR) is 60.5 cm³/mol. The summed E-state index contributed by atoms with van der Waals surface area (Å²) in [5.41, 5.74) is 6.03. The van der Waals surface area contributed by atoms with E-state index in [1.54, 1.807) is 11.3 Å². The molecule has 1 atom stereocenters. The Morgan fingerprint density at radius 2 is 2.15 bits per heavy atom. The minimum absolute atomic E-state index is 0.131. The molecule has 0 saturated heterocycles. The molecule has 0 amide bonds. The van der Waals surface area contributed by atoms with Gasteiger partial charge in [-0.2, -0.15) is 0 Å². The Labute approximate surface area is 88.9 Å². The summed E-state index contributed by atoms with van der Waals surface area (Å²) in [6.45, 7) is 6.38. The summed E-state index contributed by atoms with van der Waals surface area (Å²) in [5.74, 6) is 0.480. The monoisotopic (exact) mass is 217 g/mol. The highest BCUT2D eigenvalue weighted by Crippen LogP contribution is 2.26. The van der Waals surface area contributed by atoms with Gasteiger partial charge in [-0.15, -0.1) is 11.3 Å². The van der Waals surface area contributed by atoms with Crippen molar-refractivity contribution in [2.24, 2.45) is 11.7 Å². The highest BCUT2D eigenvalue weighted by molar-refractivity contribution is 7.16. The van der Waals surface area contributed by atoms with E-state index < -0.39 is 0 Å². The topological polar surface area (TPSA) is 26.0 Å². The van der Waals surface area contributed by atoms with Crippen molar-refractivity contribution < 1.29 is 0 Å². The highest BCUT2D eigenvalue weighted by atomic mass is 35.5. The first-order chi connectivity index (χ1) is 5.92. The third-order valence-electron chi connectivity index (χ3n) is 2.50. The first kappa shape index (κ1) is 11.0. The first-order valence-corrected chi connectivity index (χ1v) is 5.64. The fourth-order valence-electron chi connectivity index (χ4n) is 1.03. The molecule has 1 aromatic heterocycles. The molecule has 3 heteroatoms. The summed E-state index contributed by atoms with van der Waals surface area (Å²) >= 11 is 7.46. The van der Waals surface area contributed by atoms with E-state index in [9.17, 15) is 0 Å². The maximum Gasteiger partial charge on any atom is 0.0931 e. The van der Waals surface area contributed by atoms with Gasteiger partial charge < -0.3 is 5.73 Å². The summed E-state index contributed by atoms with van der Waals surface area (Å²) in [5, 5.41) is 0. The van der Waals surface area contributed by atoms with E-state index in [1.165, 1.54) is 4.88 Å². The second-order valence-corrected chi connectivity index (χ2v) is 5.84. The van der Waals surface area contributed by atoms with Crippen LogP contribution in [0.2, 0.25) is 4.34 Å². The molecule has 74 valence electrons. The summed E-state index contributed by atoms with van der Waals surface area (Å²) < 4.78 is 0.842. The van der Waals surface area contributed by atoms with Gasteiger partial charge in [0.15, 0.2) is 0 Å². The van der Waals surface area contributed by atoms with E-state index in [4.69, 9.17) is 17.3 Å². The van der Waals surface area contributed by atoms with Crippen molar-refractivity contribution in [2.45, 2.75) is 32.7 Å². The maximum absolute atomic E-state index is 6.16. The van der Waals surface area contributed by atoms with E-state index in [0.717, 1.165) is 10.8 Å². The fourth-order valence-corrected chi connectivity index (χ4v) is 2.29. The maximum atomic E-state index is 6.16. The molecule has 1 nitrogen and oxygen atoms in total. The molecule has 0 aliphatic heterocycles. The van der Waals surface area contributed by atoms with Gasteiger partial charge in [-0.25, -0.2) is 0 Å². The Morgan fingerprint density at radius 3 is 2.54 bits per heavy atom. The van der Waals surface area contributed by atoms with Gasteiger partial charge in [-0.1, -0.05) is 25.4 Å². The lowest BCUT2D eigenvalue weighted by Crippen LogP contribution is -2.43. The van der Waals surface area contributed by atoms with Crippen molar-refractivity contribution in [3.8, 4) is 0 Å². The average Bonchev–Trinajstić information content (AvgIpc) is 2.34. The van der Waals surface area contributed by atoms with Crippen LogP contribution in [0.25, 0.3) is 0 Å². The van der Waals surface area contributed by atoms with Crippen molar-refractivity contribution >= 4 is 22.9 Å². The number of thiophene rings is 1. The molecular formula is C10H16ClNS. The number of nitrogens with two attached hydrogens (primary N) is 1. The van der Waals surface area contributed by atoms with Crippen molar-refractivity contribution in [3.63, 3.8) is 0 Å². The van der Waals surface area contributed by atoms with Crippen LogP contribution < -0.4 is 5.73 Å². The fraction of sp³-hybridized carbons (Fsp3) is 0.600. The molecule has 0 saturated carbocycles. The SMILES string of the molecule is CC(C)C(C)(N)Cc1ccc(Cl)s1. The predicted octanol–water partition coefficient (Wildman–Crippen LogP) is 3.32. The third-order valence-corrected chi connectivity index (χ3v) is 3.73. The summed E-state index contributed by atoms with van der Waals surface area (Å²) in [6.07, 6.45) is 0.905. The number of rotatable bonds is 3. The molecule has 1 aromatic rings. The number of halogens is 1. The van der Waals surface area contributed by atoms with E-state index in [-0.39, 0.29) is 5.54 Å². The Hall–Kier alpha value is -0.0500. The van der Waals surface area contributed by atoms with Gasteiger partial charge in [-0.05, 0) is 31.4 Å². The smallest absolute Gasteiger partial charge is 0.0931 e. The molecule has 2 N–H and O–H groups in total. The third kappa shape index (κ3) is 2.97. The molecule has 13 heavy (non-hydrogen) atoms. The minimum Gasteiger partial charge on any atom is -0.325 e. The van der Waals surface area contributed by atoms with Crippen LogP contribution in [-0.2, 0) is 6.42 Å². The molecule has 0 aromatic carbocycles. The van der Waals surface area contributed by atoms with Crippen LogP contribution in [-0.4, -0.2) is 5.54 Å². The van der Waals surface area contributed by atoms with E-state index in [2.05, 4.69) is 26.8 Å². The zero-order valence-electron chi connectivity index (χ0n) is 8.30. The second-order valence-electron chi connectivity index (χ2n) is 4.04. The summed E-state index contributed by atoms with van der Waals surface area (Å²) in [4.78, 5) is 1.27. The molecule has 1 rings (SSSR count). The van der Waals surface area contributed by atoms with Gasteiger partial charge in [0, 0.05) is 10.4 Å². The average molecular weight is 218 g/mol. The van der Waals surface area contributed by atoms with Crippen LogP contribution in [0.4, 0.5) is 0 Å². The lowest BCUT2D eigenvalue weighted by molar-refractivity contribution is 0.340. The van der Waals surface area contributed by atoms with Crippen LogP contribution >= 0.6 is 22.9 Å². The lowest BCUT2D eigenvalue weighted by Gasteiger charge is -2.28.